The van der Waals surface area contributed by atoms with Gasteiger partial charge in [-0.05, 0) is 12.1 Å². The number of benzene rings is 1. The van der Waals surface area contributed by atoms with Crippen LogP contribution < -0.4 is 19.7 Å². The van der Waals surface area contributed by atoms with Gasteiger partial charge in [0.1, 0.15) is 26.3 Å². The van der Waals surface area contributed by atoms with E-state index in [0.717, 1.165) is 0 Å². The fourth-order valence-corrected chi connectivity index (χ4v) is 2.60. The molecular weight excluding hydrogens is 343 g/mol. The van der Waals surface area contributed by atoms with Crippen LogP contribution >= 0.6 is 0 Å². The van der Waals surface area contributed by atoms with E-state index in [1.165, 1.54) is 9.80 Å². The average Bonchev–Trinajstić information content (AvgIpc) is 2.93. The molecule has 0 unspecified atom stereocenters. The van der Waals surface area contributed by atoms with Crippen LogP contribution in [0.1, 0.15) is 0 Å². The lowest BCUT2D eigenvalue weighted by Crippen LogP contribution is -2.42. The summed E-state index contributed by atoms with van der Waals surface area (Å²) in [5.41, 5.74) is 0.576. The van der Waals surface area contributed by atoms with Crippen LogP contribution in [-0.4, -0.2) is 62.4 Å². The Morgan fingerprint density at radius 1 is 1.16 bits per heavy atom. The molecule has 2 aliphatic heterocycles. The fraction of sp³-hybridized carbons (Fsp3) is 0.467. The van der Waals surface area contributed by atoms with Gasteiger partial charge in [0.2, 0.25) is 5.91 Å². The van der Waals surface area contributed by atoms with Crippen molar-refractivity contribution in [2.24, 2.45) is 0 Å². The maximum atomic E-state index is 12.4. The van der Waals surface area contributed by atoms with Gasteiger partial charge >= 0.3 is 12.2 Å². The van der Waals surface area contributed by atoms with Crippen molar-refractivity contribution in [1.82, 2.24) is 10.2 Å². The molecule has 3 amide bonds. The first-order chi connectivity index (χ1) is 11.8. The molecule has 25 heavy (non-hydrogen) atoms. The van der Waals surface area contributed by atoms with Gasteiger partial charge in [-0.2, -0.15) is 13.2 Å². The van der Waals surface area contributed by atoms with E-state index in [2.05, 4.69) is 0 Å². The molecule has 7 nitrogen and oxygen atoms in total. The number of rotatable bonds is 4. The van der Waals surface area contributed by atoms with E-state index in [-0.39, 0.29) is 6.54 Å². The van der Waals surface area contributed by atoms with Crippen molar-refractivity contribution in [1.29, 1.82) is 0 Å². The first-order valence-electron chi connectivity index (χ1n) is 7.63. The number of anilines is 1. The number of alkyl halides is 3. The van der Waals surface area contributed by atoms with Crippen LogP contribution in [0.4, 0.5) is 23.7 Å². The molecular formula is C15H16F3N3O4. The molecule has 0 saturated carbocycles. The molecule has 2 heterocycles. The highest BCUT2D eigenvalue weighted by Crippen LogP contribution is 2.34. The lowest BCUT2D eigenvalue weighted by Gasteiger charge is -2.22. The Morgan fingerprint density at radius 2 is 1.88 bits per heavy atom. The predicted octanol–water partition coefficient (Wildman–Crippen LogP) is 1.38. The third-order valence-corrected chi connectivity index (χ3v) is 3.75. The number of hydrogen-bond donors (Lipinski definition) is 1. The van der Waals surface area contributed by atoms with Gasteiger partial charge < -0.3 is 19.7 Å². The molecule has 1 aromatic carbocycles. The van der Waals surface area contributed by atoms with Gasteiger partial charge in [0.25, 0.3) is 0 Å². The monoisotopic (exact) mass is 359 g/mol. The van der Waals surface area contributed by atoms with E-state index in [4.69, 9.17) is 9.47 Å². The smallest absolute Gasteiger partial charge is 0.405 e. The third-order valence-electron chi connectivity index (χ3n) is 3.75. The van der Waals surface area contributed by atoms with Gasteiger partial charge in [0.15, 0.2) is 11.5 Å². The summed E-state index contributed by atoms with van der Waals surface area (Å²) in [6.07, 6.45) is -4.48. The topological polar surface area (TPSA) is 71.1 Å². The van der Waals surface area contributed by atoms with Crippen LogP contribution in [0.3, 0.4) is 0 Å². The summed E-state index contributed by atoms with van der Waals surface area (Å²) >= 11 is 0. The van der Waals surface area contributed by atoms with Crippen LogP contribution in [0.5, 0.6) is 11.5 Å². The van der Waals surface area contributed by atoms with Gasteiger partial charge in [0.05, 0.1) is 0 Å². The summed E-state index contributed by atoms with van der Waals surface area (Å²) in [7, 11) is 0. The molecule has 0 aromatic heterocycles. The normalized spacial score (nSPS) is 17.0. The standard InChI is InChI=1S/C15H16F3N3O4/c16-15(17,18)9-19-13(22)8-20-3-4-21(14(20)23)10-1-2-11-12(7-10)25-6-5-24-11/h1-2,7H,3-6,8-9H2,(H,19,22). The van der Waals surface area contributed by atoms with E-state index in [0.29, 0.717) is 36.9 Å². The Balaban J connectivity index is 1.61. The lowest BCUT2D eigenvalue weighted by atomic mass is 10.2. The van der Waals surface area contributed by atoms with E-state index >= 15 is 0 Å². The van der Waals surface area contributed by atoms with E-state index in [1.54, 1.807) is 23.5 Å². The summed E-state index contributed by atoms with van der Waals surface area (Å²) in [4.78, 5) is 26.6. The van der Waals surface area contributed by atoms with E-state index in [1.807, 2.05) is 0 Å². The zero-order valence-electron chi connectivity index (χ0n) is 13.1. The van der Waals surface area contributed by atoms with Crippen molar-refractivity contribution < 1.29 is 32.2 Å². The van der Waals surface area contributed by atoms with Crippen molar-refractivity contribution in [3.8, 4) is 11.5 Å². The molecule has 136 valence electrons. The van der Waals surface area contributed by atoms with Crippen molar-refractivity contribution in [3.05, 3.63) is 18.2 Å². The molecule has 0 bridgehead atoms. The van der Waals surface area contributed by atoms with E-state index < -0.39 is 31.2 Å². The predicted molar refractivity (Wildman–Crippen MR) is 80.8 cm³/mol. The Morgan fingerprint density at radius 3 is 2.60 bits per heavy atom. The number of nitrogens with zero attached hydrogens (tertiary/aromatic N) is 2. The number of hydrogen-bond acceptors (Lipinski definition) is 4. The largest absolute Gasteiger partial charge is 0.486 e. The molecule has 1 fully saturated rings. The minimum atomic E-state index is -4.48. The molecule has 1 aromatic rings. The Hall–Kier alpha value is -2.65. The number of ether oxygens (including phenoxy) is 2. The summed E-state index contributed by atoms with van der Waals surface area (Å²) in [5.74, 6) is 0.262. The van der Waals surface area contributed by atoms with Crippen LogP contribution in [0.2, 0.25) is 0 Å². The van der Waals surface area contributed by atoms with Gasteiger partial charge in [-0.3, -0.25) is 9.69 Å². The SMILES string of the molecule is O=C(CN1CCN(c2ccc3c(c2)OCCO3)C1=O)NCC(F)(F)F. The molecule has 1 N–H and O–H groups in total. The summed E-state index contributed by atoms with van der Waals surface area (Å²) in [5, 5.41) is 1.75. The van der Waals surface area contributed by atoms with Gasteiger partial charge in [-0.1, -0.05) is 0 Å². The quantitative estimate of drug-likeness (QED) is 0.882. The molecule has 10 heteroatoms. The summed E-state index contributed by atoms with van der Waals surface area (Å²) in [6, 6.07) is 4.60. The number of fused-ring (bicyclic) bond motifs is 1. The highest BCUT2D eigenvalue weighted by Gasteiger charge is 2.33. The van der Waals surface area contributed by atoms with Crippen LogP contribution in [-0.2, 0) is 4.79 Å². The van der Waals surface area contributed by atoms with Gasteiger partial charge in [-0.15, -0.1) is 0 Å². The number of nitrogens with one attached hydrogen (secondary N) is 1. The molecule has 0 radical (unpaired) electrons. The van der Waals surface area contributed by atoms with Crippen LogP contribution in [0.25, 0.3) is 0 Å². The van der Waals surface area contributed by atoms with Crippen LogP contribution in [0.15, 0.2) is 18.2 Å². The second kappa shape index (κ2) is 6.69. The van der Waals surface area contributed by atoms with Crippen molar-refractivity contribution >= 4 is 17.6 Å². The Labute approximate surface area is 141 Å². The van der Waals surface area contributed by atoms with Gasteiger partial charge in [0, 0.05) is 24.8 Å². The Kier molecular flexibility index (Phi) is 4.60. The van der Waals surface area contributed by atoms with Gasteiger partial charge in [-0.25, -0.2) is 4.79 Å². The number of carbonyl (C=O) groups is 2. The summed E-state index contributed by atoms with van der Waals surface area (Å²) in [6.45, 7) is -0.404. The first kappa shape index (κ1) is 17.2. The molecule has 1 saturated heterocycles. The number of halogens is 3. The summed E-state index contributed by atoms with van der Waals surface area (Å²) < 4.78 is 47.2. The van der Waals surface area contributed by atoms with Crippen molar-refractivity contribution in [3.63, 3.8) is 0 Å². The molecule has 3 rings (SSSR count). The lowest BCUT2D eigenvalue weighted by molar-refractivity contribution is -0.138. The first-order valence-corrected chi connectivity index (χ1v) is 7.63. The minimum Gasteiger partial charge on any atom is -0.486 e. The molecule has 2 aliphatic rings. The maximum Gasteiger partial charge on any atom is 0.405 e. The highest BCUT2D eigenvalue weighted by molar-refractivity contribution is 5.96. The number of carbonyl (C=O) groups excluding carboxylic acids is 2. The highest BCUT2D eigenvalue weighted by atomic mass is 19.4. The Bertz CT molecular complexity index is 680. The molecule has 0 atom stereocenters. The number of amides is 3. The second-order valence-corrected chi connectivity index (χ2v) is 5.58. The second-order valence-electron chi connectivity index (χ2n) is 5.58. The van der Waals surface area contributed by atoms with Crippen LogP contribution in [0, 0.1) is 0 Å². The zero-order chi connectivity index (χ0) is 18.0. The zero-order valence-corrected chi connectivity index (χ0v) is 13.1. The molecule has 0 aliphatic carbocycles. The number of urea groups is 1. The van der Waals surface area contributed by atoms with Crippen molar-refractivity contribution in [2.45, 2.75) is 6.18 Å². The maximum absolute atomic E-state index is 12.4. The van der Waals surface area contributed by atoms with Crippen molar-refractivity contribution in [2.75, 3.05) is 44.3 Å². The third kappa shape index (κ3) is 4.06. The van der Waals surface area contributed by atoms with E-state index in [9.17, 15) is 22.8 Å². The fourth-order valence-electron chi connectivity index (χ4n) is 2.60. The molecule has 0 spiro atoms. The average molecular weight is 359 g/mol. The minimum absolute atomic E-state index is 0.243.